The Labute approximate surface area is 332 Å². The fourth-order valence-corrected chi connectivity index (χ4v) is 6.23. The molecule has 310 valence electrons. The third-order valence-electron chi connectivity index (χ3n) is 7.85. The molecular weight excluding hydrogens is 743 g/mol. The summed E-state index contributed by atoms with van der Waals surface area (Å²) in [5, 5.41) is 7.84. The van der Waals surface area contributed by atoms with Crippen LogP contribution in [0, 0.1) is 5.92 Å². The van der Waals surface area contributed by atoms with Crippen molar-refractivity contribution in [3.8, 4) is 0 Å². The van der Waals surface area contributed by atoms with E-state index in [-0.39, 0.29) is 48.5 Å². The van der Waals surface area contributed by atoms with Crippen LogP contribution in [0.5, 0.6) is 0 Å². The van der Waals surface area contributed by atoms with E-state index in [9.17, 15) is 28.8 Å². The van der Waals surface area contributed by atoms with Crippen molar-refractivity contribution in [1.82, 2.24) is 16.0 Å². The number of unbranched alkanes of at least 4 members (excludes halogenated alkanes) is 4. The molecule has 1 aliphatic heterocycles. The zero-order chi connectivity index (χ0) is 41.6. The molecule has 14 nitrogen and oxygen atoms in total. The van der Waals surface area contributed by atoms with Crippen molar-refractivity contribution in [2.75, 3.05) is 25.4 Å². The maximum absolute atomic E-state index is 13.5. The molecule has 0 aromatic heterocycles. The third-order valence-corrected chi connectivity index (χ3v) is 10.5. The Morgan fingerprint density at radius 1 is 1.02 bits per heavy atom. The second-order valence-electron chi connectivity index (χ2n) is 15.8. The second-order valence-corrected chi connectivity index (χ2v) is 22.6. The largest absolute Gasteiger partial charge is 0.466 e. The van der Waals surface area contributed by atoms with Gasteiger partial charge in [0.1, 0.15) is 35.0 Å². The molecule has 55 heavy (non-hydrogen) atoms. The molecule has 0 radical (unpaired) electrons. The molecule has 0 unspecified atom stereocenters. The Balaban J connectivity index is 2.89. The van der Waals surface area contributed by atoms with Gasteiger partial charge in [-0.15, -0.1) is 0 Å². The van der Waals surface area contributed by atoms with Crippen molar-refractivity contribution < 1.29 is 43.0 Å². The van der Waals surface area contributed by atoms with Crippen molar-refractivity contribution in [3.63, 3.8) is 0 Å². The van der Waals surface area contributed by atoms with Gasteiger partial charge in [-0.25, -0.2) is 14.6 Å². The van der Waals surface area contributed by atoms with Crippen LogP contribution in [0.1, 0.15) is 99.8 Å². The van der Waals surface area contributed by atoms with Gasteiger partial charge in [-0.1, -0.05) is 90.0 Å². The maximum Gasteiger partial charge on any atom is 0.408 e. The van der Waals surface area contributed by atoms with E-state index in [0.717, 1.165) is 31.7 Å². The molecule has 0 saturated heterocycles. The number of alkyl carbamates (subject to hydrolysis) is 1. The Hall–Kier alpha value is -3.79. The Kier molecular flexibility index (Phi) is 22.7. The molecule has 0 bridgehead atoms. The summed E-state index contributed by atoms with van der Waals surface area (Å²) in [4.78, 5) is 85.2. The normalized spacial score (nSPS) is 14.5. The van der Waals surface area contributed by atoms with Crippen LogP contribution in [-0.2, 0) is 38.2 Å². The number of amidine groups is 1. The molecule has 0 fully saturated rings. The molecule has 0 spiro atoms. The standard InChI is InChI=1S/C39H65N5O9SSi/c1-11-13-14-15-16-20-33(46)54-22-18-17-19-28(24-32(45)51-21-23-55(8,9)10)52-37(49)34(27(3)4)44-35(47)29(12-2)43-36(48)30-25-40-31(42-30)26-41-38(50)53-39(5,6)7/h12,17,19,27-28,34H,11,13-16,18,20-26H2,1-10H3,(H,41,50)(H,43,48)(H,44,47)/b19-17+,29-12-/t28-,34+/m1/s1. The average Bonchev–Trinajstić information content (AvgIpc) is 3.56. The Morgan fingerprint density at radius 3 is 2.33 bits per heavy atom. The van der Waals surface area contributed by atoms with Crippen molar-refractivity contribution in [3.05, 3.63) is 23.9 Å². The molecule has 2 atom stereocenters. The summed E-state index contributed by atoms with van der Waals surface area (Å²) in [5.74, 6) is -2.34. The molecule has 1 aliphatic rings. The van der Waals surface area contributed by atoms with Crippen molar-refractivity contribution in [2.45, 2.75) is 143 Å². The molecule has 0 aromatic rings. The fraction of sp³-hybridized carbons (Fsp3) is 0.692. The predicted molar refractivity (Wildman–Crippen MR) is 221 cm³/mol. The van der Waals surface area contributed by atoms with Crippen molar-refractivity contribution >= 4 is 66.3 Å². The number of hydrogen-bond donors (Lipinski definition) is 3. The van der Waals surface area contributed by atoms with Gasteiger partial charge < -0.3 is 30.2 Å². The maximum atomic E-state index is 13.5. The molecule has 16 heteroatoms. The molecule has 0 aliphatic carbocycles. The third kappa shape index (κ3) is 23.0. The number of carbonyl (C=O) groups excluding carboxylic acids is 6. The van der Waals surface area contributed by atoms with E-state index in [2.05, 4.69) is 52.5 Å². The van der Waals surface area contributed by atoms with Gasteiger partial charge in [0.15, 0.2) is 5.12 Å². The smallest absolute Gasteiger partial charge is 0.408 e. The minimum atomic E-state index is -1.44. The first-order chi connectivity index (χ1) is 25.7. The summed E-state index contributed by atoms with van der Waals surface area (Å²) in [5.41, 5.74) is -0.773. The van der Waals surface area contributed by atoms with Crippen LogP contribution in [0.25, 0.3) is 0 Å². The van der Waals surface area contributed by atoms with Gasteiger partial charge in [0.2, 0.25) is 0 Å². The van der Waals surface area contributed by atoms with E-state index < -0.39 is 61.6 Å². The minimum Gasteiger partial charge on any atom is -0.466 e. The lowest BCUT2D eigenvalue weighted by atomic mass is 10.0. The van der Waals surface area contributed by atoms with E-state index in [1.807, 2.05) is 0 Å². The second kappa shape index (κ2) is 25.4. The summed E-state index contributed by atoms with van der Waals surface area (Å²) in [7, 11) is -1.44. The highest BCUT2D eigenvalue weighted by atomic mass is 32.2. The van der Waals surface area contributed by atoms with Crippen LogP contribution in [0.15, 0.2) is 33.9 Å². The lowest BCUT2D eigenvalue weighted by Gasteiger charge is -2.24. The molecule has 1 heterocycles. The Morgan fingerprint density at radius 2 is 1.71 bits per heavy atom. The van der Waals surface area contributed by atoms with Gasteiger partial charge >= 0.3 is 18.0 Å². The summed E-state index contributed by atoms with van der Waals surface area (Å²) in [6.45, 7) is 19.1. The van der Waals surface area contributed by atoms with E-state index in [4.69, 9.17) is 14.2 Å². The van der Waals surface area contributed by atoms with E-state index in [1.54, 1.807) is 53.7 Å². The Bertz CT molecular complexity index is 1430. The number of aliphatic imine (C=N–C) groups is 2. The summed E-state index contributed by atoms with van der Waals surface area (Å²) < 4.78 is 16.4. The zero-order valence-electron chi connectivity index (χ0n) is 34.6. The van der Waals surface area contributed by atoms with E-state index in [0.29, 0.717) is 18.6 Å². The quantitative estimate of drug-likeness (QED) is 0.0250. The topological polar surface area (TPSA) is 191 Å². The van der Waals surface area contributed by atoms with Gasteiger partial charge in [0, 0.05) is 20.2 Å². The lowest BCUT2D eigenvalue weighted by Crippen LogP contribution is -2.49. The van der Waals surface area contributed by atoms with Crippen LogP contribution in [0.4, 0.5) is 4.79 Å². The summed E-state index contributed by atoms with van der Waals surface area (Å²) in [6, 6.07) is -0.331. The van der Waals surface area contributed by atoms with Gasteiger partial charge in [-0.2, -0.15) is 0 Å². The SMILES string of the molecule is C/C=C(\NC(=O)C1=NC(CNC(=O)OC(C)(C)C)=NC1)C(=O)N[C@H](C(=O)O[C@H](/C=C/CCSC(=O)CCCCCCC)CC(=O)OCC[Si](C)(C)C)C(C)C. The van der Waals surface area contributed by atoms with Gasteiger partial charge in [-0.05, 0) is 58.6 Å². The number of ether oxygens (including phenoxy) is 3. The number of hydrogen-bond acceptors (Lipinski definition) is 12. The van der Waals surface area contributed by atoms with Crippen molar-refractivity contribution in [1.29, 1.82) is 0 Å². The first-order valence-electron chi connectivity index (χ1n) is 19.3. The summed E-state index contributed by atoms with van der Waals surface area (Å²) >= 11 is 1.27. The molecule has 1 rings (SSSR count). The first-order valence-corrected chi connectivity index (χ1v) is 24.0. The lowest BCUT2D eigenvalue weighted by molar-refractivity contribution is -0.156. The number of nitrogens with one attached hydrogen (secondary N) is 3. The number of rotatable bonds is 24. The molecule has 0 saturated carbocycles. The number of amides is 3. The molecule has 0 aromatic carbocycles. The molecule has 3 amide bonds. The van der Waals surface area contributed by atoms with Crippen LogP contribution < -0.4 is 16.0 Å². The predicted octanol–water partition coefficient (Wildman–Crippen LogP) is 6.27. The number of nitrogens with zero attached hydrogens (tertiary/aromatic N) is 2. The van der Waals surface area contributed by atoms with Gasteiger partial charge in [0.25, 0.3) is 11.8 Å². The van der Waals surface area contributed by atoms with Crippen LogP contribution in [0.2, 0.25) is 25.7 Å². The zero-order valence-corrected chi connectivity index (χ0v) is 36.4. The van der Waals surface area contributed by atoms with E-state index >= 15 is 0 Å². The minimum absolute atomic E-state index is 0.0319. The number of carbonyl (C=O) groups is 6. The number of esters is 2. The van der Waals surface area contributed by atoms with Crippen molar-refractivity contribution in [2.24, 2.45) is 15.9 Å². The van der Waals surface area contributed by atoms with Crippen LogP contribution in [0.3, 0.4) is 0 Å². The highest BCUT2D eigenvalue weighted by molar-refractivity contribution is 8.13. The van der Waals surface area contributed by atoms with E-state index in [1.165, 1.54) is 24.3 Å². The average molecular weight is 808 g/mol. The molecule has 3 N–H and O–H groups in total. The number of allylic oxidation sites excluding steroid dienone is 2. The van der Waals surface area contributed by atoms with Crippen LogP contribution >= 0.6 is 11.8 Å². The highest BCUT2D eigenvalue weighted by Crippen LogP contribution is 2.16. The van der Waals surface area contributed by atoms with Gasteiger partial charge in [0.05, 0.1) is 26.1 Å². The number of thioether (sulfide) groups is 1. The monoisotopic (exact) mass is 807 g/mol. The summed E-state index contributed by atoms with van der Waals surface area (Å²) in [6.07, 6.45) is 9.41. The van der Waals surface area contributed by atoms with Crippen LogP contribution in [-0.4, -0.2) is 97.8 Å². The first kappa shape index (κ1) is 49.2. The fourth-order valence-electron chi connectivity index (χ4n) is 4.75. The molecular formula is C39H65N5O9SSi. The highest BCUT2D eigenvalue weighted by Gasteiger charge is 2.30. The van der Waals surface area contributed by atoms with Gasteiger partial charge in [-0.3, -0.25) is 24.2 Å².